The first-order valence-electron chi connectivity index (χ1n) is 4.94. The van der Waals surface area contributed by atoms with Crippen molar-refractivity contribution in [1.82, 2.24) is 0 Å². The number of fused-ring (bicyclic) bond motifs is 1. The molecule has 2 aromatic carbocycles. The predicted molar refractivity (Wildman–Crippen MR) is 71.7 cm³/mol. The molecule has 82 valence electrons. The summed E-state index contributed by atoms with van der Waals surface area (Å²) in [5, 5.41) is 2.32. The van der Waals surface area contributed by atoms with E-state index >= 15 is 0 Å². The van der Waals surface area contributed by atoms with Gasteiger partial charge in [0.25, 0.3) is 0 Å². The molecular weight excluding hydrogens is 266 g/mol. The first-order valence-corrected chi connectivity index (χ1v) is 5.74. The summed E-state index contributed by atoms with van der Waals surface area (Å²) in [6, 6.07) is 10.2. The largest absolute Gasteiger partial charge is 0.496 e. The van der Waals surface area contributed by atoms with E-state index in [1.54, 1.807) is 14.2 Å². The van der Waals surface area contributed by atoms with Crippen LogP contribution in [0.15, 0.2) is 39.8 Å². The van der Waals surface area contributed by atoms with Crippen LogP contribution in [0.5, 0.6) is 5.75 Å². The van der Waals surface area contributed by atoms with Gasteiger partial charge in [0.05, 0.1) is 11.6 Å². The van der Waals surface area contributed by atoms with Gasteiger partial charge < -0.3 is 4.74 Å². The van der Waals surface area contributed by atoms with E-state index in [9.17, 15) is 0 Å². The third-order valence-electron chi connectivity index (χ3n) is 2.44. The van der Waals surface area contributed by atoms with Crippen LogP contribution < -0.4 is 4.74 Å². The first kappa shape index (κ1) is 11.1. The Morgan fingerprint density at radius 1 is 1.25 bits per heavy atom. The van der Waals surface area contributed by atoms with Crippen molar-refractivity contribution in [3.8, 4) is 5.75 Å². The normalized spacial score (nSPS) is 11.2. The fourth-order valence-corrected chi connectivity index (χ4v) is 2.33. The van der Waals surface area contributed by atoms with Gasteiger partial charge in [-0.15, -0.1) is 0 Å². The van der Waals surface area contributed by atoms with Gasteiger partial charge in [-0.1, -0.05) is 18.2 Å². The van der Waals surface area contributed by atoms with Crippen LogP contribution in [0, 0.1) is 0 Å². The molecule has 0 unspecified atom stereocenters. The van der Waals surface area contributed by atoms with E-state index < -0.39 is 0 Å². The van der Waals surface area contributed by atoms with Crippen molar-refractivity contribution in [2.24, 2.45) is 4.99 Å². The molecule has 0 saturated carbocycles. The van der Waals surface area contributed by atoms with Crippen molar-refractivity contribution in [2.45, 2.75) is 0 Å². The minimum Gasteiger partial charge on any atom is -0.496 e. The lowest BCUT2D eigenvalue weighted by Gasteiger charge is -2.07. The third kappa shape index (κ3) is 1.95. The molecule has 0 aliphatic rings. The smallest absolute Gasteiger partial charge is 0.133 e. The first-order chi connectivity index (χ1) is 7.76. The Bertz CT molecular complexity index is 549. The second-order valence-electron chi connectivity index (χ2n) is 3.45. The predicted octanol–water partition coefficient (Wildman–Crippen LogP) is 3.66. The van der Waals surface area contributed by atoms with Gasteiger partial charge in [-0.3, -0.25) is 4.99 Å². The molecular formula is C13H12BrNO. The maximum atomic E-state index is 5.26. The molecule has 0 heterocycles. The molecule has 0 aromatic heterocycles. The van der Waals surface area contributed by atoms with Crippen LogP contribution in [-0.2, 0) is 0 Å². The van der Waals surface area contributed by atoms with Gasteiger partial charge in [-0.05, 0) is 44.4 Å². The molecule has 3 heteroatoms. The summed E-state index contributed by atoms with van der Waals surface area (Å²) < 4.78 is 6.25. The van der Waals surface area contributed by atoms with Crippen LogP contribution >= 0.6 is 15.9 Å². The second kappa shape index (κ2) is 4.66. The van der Waals surface area contributed by atoms with Crippen molar-refractivity contribution in [3.63, 3.8) is 0 Å². The number of methoxy groups -OCH3 is 1. The van der Waals surface area contributed by atoms with Gasteiger partial charge in [-0.25, -0.2) is 0 Å². The third-order valence-corrected chi connectivity index (χ3v) is 3.26. The van der Waals surface area contributed by atoms with Crippen LogP contribution in [0.1, 0.15) is 5.56 Å². The molecule has 0 amide bonds. The van der Waals surface area contributed by atoms with Gasteiger partial charge in [0.2, 0.25) is 0 Å². The maximum Gasteiger partial charge on any atom is 0.133 e. The summed E-state index contributed by atoms with van der Waals surface area (Å²) in [4.78, 5) is 4.01. The zero-order valence-corrected chi connectivity index (χ0v) is 10.8. The Morgan fingerprint density at radius 2 is 2.06 bits per heavy atom. The fraction of sp³-hybridized carbons (Fsp3) is 0.154. The lowest BCUT2D eigenvalue weighted by molar-refractivity contribution is 0.413. The number of hydrogen-bond acceptors (Lipinski definition) is 2. The van der Waals surface area contributed by atoms with Gasteiger partial charge in [0, 0.05) is 13.3 Å². The fourth-order valence-electron chi connectivity index (χ4n) is 1.68. The molecule has 2 rings (SSSR count). The monoisotopic (exact) mass is 277 g/mol. The Balaban J connectivity index is 2.65. The molecule has 0 saturated heterocycles. The molecule has 0 spiro atoms. The molecule has 0 radical (unpaired) electrons. The molecule has 16 heavy (non-hydrogen) atoms. The number of hydrogen-bond donors (Lipinski definition) is 0. The van der Waals surface area contributed by atoms with Crippen LogP contribution in [0.3, 0.4) is 0 Å². The average Bonchev–Trinajstić information content (AvgIpc) is 2.30. The summed E-state index contributed by atoms with van der Waals surface area (Å²) in [5.74, 6) is 0.851. The van der Waals surface area contributed by atoms with Crippen LogP contribution in [0.25, 0.3) is 10.8 Å². The minimum atomic E-state index is 0.851. The van der Waals surface area contributed by atoms with E-state index in [0.29, 0.717) is 0 Å². The Hall–Kier alpha value is -1.35. The van der Waals surface area contributed by atoms with Crippen molar-refractivity contribution in [2.75, 3.05) is 14.2 Å². The second-order valence-corrected chi connectivity index (χ2v) is 4.24. The van der Waals surface area contributed by atoms with Crippen LogP contribution in [-0.4, -0.2) is 20.4 Å². The topological polar surface area (TPSA) is 21.6 Å². The zero-order valence-electron chi connectivity index (χ0n) is 9.20. The van der Waals surface area contributed by atoms with Crippen molar-refractivity contribution in [1.29, 1.82) is 0 Å². The maximum absolute atomic E-state index is 5.26. The van der Waals surface area contributed by atoms with Crippen LogP contribution in [0.2, 0.25) is 0 Å². The SMILES string of the molecule is CN=Cc1ccc2c(Br)c(OC)ccc2c1. The van der Waals surface area contributed by atoms with Crippen molar-refractivity contribution in [3.05, 3.63) is 40.4 Å². The standard InChI is InChI=1S/C13H12BrNO/c1-15-8-9-3-5-11-10(7-9)4-6-12(16-2)13(11)14/h3-8H,1-2H3. The lowest BCUT2D eigenvalue weighted by Crippen LogP contribution is -1.87. The molecule has 0 atom stereocenters. The minimum absolute atomic E-state index is 0.851. The van der Waals surface area contributed by atoms with E-state index in [2.05, 4.69) is 33.1 Å². The summed E-state index contributed by atoms with van der Waals surface area (Å²) >= 11 is 3.55. The number of rotatable bonds is 2. The van der Waals surface area contributed by atoms with E-state index in [1.165, 1.54) is 5.39 Å². The van der Waals surface area contributed by atoms with Crippen molar-refractivity contribution < 1.29 is 4.74 Å². The molecule has 0 bridgehead atoms. The highest BCUT2D eigenvalue weighted by Gasteiger charge is 2.05. The Morgan fingerprint density at radius 3 is 2.75 bits per heavy atom. The molecule has 0 aliphatic heterocycles. The van der Waals surface area contributed by atoms with E-state index in [-0.39, 0.29) is 0 Å². The van der Waals surface area contributed by atoms with E-state index in [0.717, 1.165) is 21.2 Å². The van der Waals surface area contributed by atoms with E-state index in [4.69, 9.17) is 4.74 Å². The number of ether oxygens (including phenoxy) is 1. The van der Waals surface area contributed by atoms with Gasteiger partial charge >= 0.3 is 0 Å². The number of aliphatic imine (C=N–C) groups is 1. The molecule has 2 aromatic rings. The van der Waals surface area contributed by atoms with E-state index in [1.807, 2.05) is 24.4 Å². The van der Waals surface area contributed by atoms with Gasteiger partial charge in [-0.2, -0.15) is 0 Å². The molecule has 0 aliphatic carbocycles. The quantitative estimate of drug-likeness (QED) is 0.768. The van der Waals surface area contributed by atoms with Gasteiger partial charge in [0.15, 0.2) is 0 Å². The summed E-state index contributed by atoms with van der Waals surface area (Å²) in [6.07, 6.45) is 1.84. The number of halogens is 1. The Labute approximate surface area is 103 Å². The van der Waals surface area contributed by atoms with Crippen LogP contribution in [0.4, 0.5) is 0 Å². The van der Waals surface area contributed by atoms with Crippen molar-refractivity contribution >= 4 is 32.9 Å². The highest BCUT2D eigenvalue weighted by atomic mass is 79.9. The lowest BCUT2D eigenvalue weighted by atomic mass is 10.1. The zero-order chi connectivity index (χ0) is 11.5. The highest BCUT2D eigenvalue weighted by Crippen LogP contribution is 2.33. The number of nitrogens with zero attached hydrogens (tertiary/aromatic N) is 1. The Kier molecular flexibility index (Phi) is 3.25. The molecule has 0 fully saturated rings. The molecule has 0 N–H and O–H groups in total. The number of benzene rings is 2. The average molecular weight is 278 g/mol. The summed E-state index contributed by atoms with van der Waals surface area (Å²) in [5.41, 5.74) is 1.10. The summed E-state index contributed by atoms with van der Waals surface area (Å²) in [6.45, 7) is 0. The van der Waals surface area contributed by atoms with Gasteiger partial charge in [0.1, 0.15) is 5.75 Å². The molecule has 2 nitrogen and oxygen atoms in total. The summed E-state index contributed by atoms with van der Waals surface area (Å²) in [7, 11) is 3.44. The highest BCUT2D eigenvalue weighted by molar-refractivity contribution is 9.10.